The molecule has 1 amide bonds. The molecule has 0 N–H and O–H groups in total. The molecule has 1 aliphatic heterocycles. The van der Waals surface area contributed by atoms with Crippen LogP contribution in [0.25, 0.3) is 10.9 Å². The highest BCUT2D eigenvalue weighted by Gasteiger charge is 2.16. The second kappa shape index (κ2) is 7.05. The van der Waals surface area contributed by atoms with Crippen LogP contribution in [0.2, 0.25) is 0 Å². The number of benzene rings is 1. The van der Waals surface area contributed by atoms with Gasteiger partial charge >= 0.3 is 0 Å². The Morgan fingerprint density at radius 3 is 2.91 bits per heavy atom. The van der Waals surface area contributed by atoms with Crippen molar-refractivity contribution in [2.24, 2.45) is 7.05 Å². The molecular formula is C16H21N3O2S. The minimum atomic E-state index is 0.245. The normalized spacial score (nSPS) is 15.2. The number of aromatic nitrogens is 2. The van der Waals surface area contributed by atoms with Gasteiger partial charge in [-0.2, -0.15) is 11.8 Å². The van der Waals surface area contributed by atoms with Gasteiger partial charge in [0.05, 0.1) is 17.5 Å². The Morgan fingerprint density at radius 1 is 1.32 bits per heavy atom. The Labute approximate surface area is 134 Å². The monoisotopic (exact) mass is 319 g/mol. The summed E-state index contributed by atoms with van der Waals surface area (Å²) >= 11 is 1.92. The van der Waals surface area contributed by atoms with Gasteiger partial charge in [0.2, 0.25) is 11.8 Å². The molecular weight excluding hydrogens is 298 g/mol. The van der Waals surface area contributed by atoms with Gasteiger partial charge in [0.1, 0.15) is 0 Å². The molecule has 0 unspecified atom stereocenters. The minimum Gasteiger partial charge on any atom is -0.476 e. The van der Waals surface area contributed by atoms with Gasteiger partial charge in [0.25, 0.3) is 0 Å². The molecule has 5 nitrogen and oxygen atoms in total. The van der Waals surface area contributed by atoms with Crippen LogP contribution in [0.1, 0.15) is 12.8 Å². The summed E-state index contributed by atoms with van der Waals surface area (Å²) in [5.41, 5.74) is 1.05. The first-order chi connectivity index (χ1) is 10.8. The number of rotatable bonds is 5. The second-order valence-corrected chi connectivity index (χ2v) is 6.62. The van der Waals surface area contributed by atoms with Gasteiger partial charge in [0, 0.05) is 38.1 Å². The molecule has 0 aliphatic carbocycles. The Hall–Kier alpha value is -1.69. The van der Waals surface area contributed by atoms with E-state index in [-0.39, 0.29) is 5.91 Å². The van der Waals surface area contributed by atoms with Gasteiger partial charge in [-0.1, -0.05) is 12.1 Å². The number of aryl methyl sites for hydroxylation is 1. The molecule has 0 saturated carbocycles. The van der Waals surface area contributed by atoms with E-state index in [2.05, 4.69) is 5.10 Å². The largest absolute Gasteiger partial charge is 0.476 e. The van der Waals surface area contributed by atoms with Crippen LogP contribution in [0.5, 0.6) is 5.88 Å². The highest BCUT2D eigenvalue weighted by molar-refractivity contribution is 7.99. The molecule has 2 heterocycles. The number of hydrogen-bond donors (Lipinski definition) is 0. The van der Waals surface area contributed by atoms with Crippen LogP contribution in [0.15, 0.2) is 24.3 Å². The number of thioether (sulfide) groups is 1. The average molecular weight is 319 g/mol. The van der Waals surface area contributed by atoms with E-state index in [0.717, 1.165) is 41.9 Å². The van der Waals surface area contributed by atoms with Crippen molar-refractivity contribution < 1.29 is 9.53 Å². The van der Waals surface area contributed by atoms with Crippen molar-refractivity contribution in [1.82, 2.24) is 14.7 Å². The highest BCUT2D eigenvalue weighted by Crippen LogP contribution is 2.23. The van der Waals surface area contributed by atoms with E-state index >= 15 is 0 Å². The van der Waals surface area contributed by atoms with Crippen molar-refractivity contribution >= 4 is 28.6 Å². The van der Waals surface area contributed by atoms with Crippen LogP contribution in [-0.4, -0.2) is 51.8 Å². The molecule has 1 saturated heterocycles. The van der Waals surface area contributed by atoms with Gasteiger partial charge in [-0.05, 0) is 18.6 Å². The van der Waals surface area contributed by atoms with Crippen molar-refractivity contribution in [2.45, 2.75) is 12.8 Å². The van der Waals surface area contributed by atoms with Crippen molar-refractivity contribution in [2.75, 3.05) is 31.2 Å². The molecule has 1 fully saturated rings. The Morgan fingerprint density at radius 2 is 2.09 bits per heavy atom. The van der Waals surface area contributed by atoms with E-state index < -0.39 is 0 Å². The molecule has 6 heteroatoms. The summed E-state index contributed by atoms with van der Waals surface area (Å²) in [6.45, 7) is 2.29. The zero-order valence-corrected chi connectivity index (χ0v) is 13.6. The molecule has 0 bridgehead atoms. The second-order valence-electron chi connectivity index (χ2n) is 5.39. The maximum absolute atomic E-state index is 12.1. The van der Waals surface area contributed by atoms with E-state index in [1.807, 2.05) is 52.7 Å². The summed E-state index contributed by atoms with van der Waals surface area (Å²) < 4.78 is 7.59. The number of ether oxygens (including phenoxy) is 1. The molecule has 3 rings (SSSR count). The smallest absolute Gasteiger partial charge is 0.240 e. The molecule has 2 aromatic rings. The molecule has 118 valence electrons. The quantitative estimate of drug-likeness (QED) is 0.794. The standard InChI is InChI=1S/C16H21N3O2S/c1-18-14-6-3-2-5-13(14)16(17-18)21-10-4-7-15(20)19-8-11-22-12-9-19/h2-3,5-6H,4,7-12H2,1H3. The van der Waals surface area contributed by atoms with E-state index in [4.69, 9.17) is 4.74 Å². The number of amides is 1. The molecule has 0 spiro atoms. The lowest BCUT2D eigenvalue weighted by molar-refractivity contribution is -0.131. The molecule has 0 atom stereocenters. The van der Waals surface area contributed by atoms with Crippen LogP contribution in [0.3, 0.4) is 0 Å². The first kappa shape index (κ1) is 15.2. The summed E-state index contributed by atoms with van der Waals surface area (Å²) in [5.74, 6) is 3.01. The van der Waals surface area contributed by atoms with Crippen molar-refractivity contribution in [3.8, 4) is 5.88 Å². The van der Waals surface area contributed by atoms with E-state index in [1.54, 1.807) is 0 Å². The molecule has 1 aliphatic rings. The maximum atomic E-state index is 12.1. The van der Waals surface area contributed by atoms with Gasteiger partial charge < -0.3 is 9.64 Å². The summed E-state index contributed by atoms with van der Waals surface area (Å²) in [7, 11) is 1.91. The van der Waals surface area contributed by atoms with Crippen molar-refractivity contribution in [1.29, 1.82) is 0 Å². The first-order valence-corrected chi connectivity index (χ1v) is 8.81. The first-order valence-electron chi connectivity index (χ1n) is 7.66. The number of nitrogens with zero attached hydrogens (tertiary/aromatic N) is 3. The molecule has 0 radical (unpaired) electrons. The molecule has 1 aromatic carbocycles. The van der Waals surface area contributed by atoms with Crippen LogP contribution < -0.4 is 4.74 Å². The van der Waals surface area contributed by atoms with Crippen LogP contribution >= 0.6 is 11.8 Å². The lowest BCUT2D eigenvalue weighted by Gasteiger charge is -2.26. The fraction of sp³-hybridized carbons (Fsp3) is 0.500. The Bertz CT molecular complexity index is 650. The summed E-state index contributed by atoms with van der Waals surface area (Å²) in [4.78, 5) is 14.0. The fourth-order valence-corrected chi connectivity index (χ4v) is 3.55. The predicted molar refractivity (Wildman–Crippen MR) is 89.3 cm³/mol. The van der Waals surface area contributed by atoms with E-state index in [1.165, 1.54) is 0 Å². The van der Waals surface area contributed by atoms with E-state index in [0.29, 0.717) is 18.9 Å². The van der Waals surface area contributed by atoms with Crippen LogP contribution in [0, 0.1) is 0 Å². The predicted octanol–water partition coefficient (Wildman–Crippen LogP) is 2.31. The van der Waals surface area contributed by atoms with Gasteiger partial charge in [-0.3, -0.25) is 9.48 Å². The lowest BCUT2D eigenvalue weighted by atomic mass is 10.2. The Balaban J connectivity index is 1.49. The van der Waals surface area contributed by atoms with Gasteiger partial charge in [-0.15, -0.1) is 5.10 Å². The maximum Gasteiger partial charge on any atom is 0.240 e. The summed E-state index contributed by atoms with van der Waals surface area (Å²) in [6.07, 6.45) is 1.28. The summed E-state index contributed by atoms with van der Waals surface area (Å²) in [6, 6.07) is 8.00. The van der Waals surface area contributed by atoms with Crippen LogP contribution in [-0.2, 0) is 11.8 Å². The minimum absolute atomic E-state index is 0.245. The number of carbonyl (C=O) groups is 1. The van der Waals surface area contributed by atoms with Crippen molar-refractivity contribution in [3.05, 3.63) is 24.3 Å². The van der Waals surface area contributed by atoms with Crippen molar-refractivity contribution in [3.63, 3.8) is 0 Å². The SMILES string of the molecule is Cn1nc(OCCCC(=O)N2CCSCC2)c2ccccc21. The van der Waals surface area contributed by atoms with E-state index in [9.17, 15) is 4.79 Å². The fourth-order valence-electron chi connectivity index (χ4n) is 2.65. The third-order valence-corrected chi connectivity index (χ3v) is 4.80. The zero-order chi connectivity index (χ0) is 15.4. The molecule has 1 aromatic heterocycles. The highest BCUT2D eigenvalue weighted by atomic mass is 32.2. The van der Waals surface area contributed by atoms with Crippen LogP contribution in [0.4, 0.5) is 0 Å². The zero-order valence-electron chi connectivity index (χ0n) is 12.8. The Kier molecular flexibility index (Phi) is 4.87. The molecule has 22 heavy (non-hydrogen) atoms. The average Bonchev–Trinajstić information content (AvgIpc) is 2.89. The third-order valence-electron chi connectivity index (χ3n) is 3.86. The number of fused-ring (bicyclic) bond motifs is 1. The number of para-hydroxylation sites is 1. The summed E-state index contributed by atoms with van der Waals surface area (Å²) in [5, 5.41) is 5.41. The van der Waals surface area contributed by atoms with Gasteiger partial charge in [-0.25, -0.2) is 0 Å². The number of hydrogen-bond acceptors (Lipinski definition) is 4. The third kappa shape index (κ3) is 3.38. The topological polar surface area (TPSA) is 47.4 Å². The lowest BCUT2D eigenvalue weighted by Crippen LogP contribution is -2.37. The number of carbonyl (C=O) groups excluding carboxylic acids is 1. The van der Waals surface area contributed by atoms with Gasteiger partial charge in [0.15, 0.2) is 0 Å².